The van der Waals surface area contributed by atoms with E-state index in [1.807, 2.05) is 44.4 Å². The number of amides is 1. The third kappa shape index (κ3) is 3.82. The molecule has 1 aliphatic rings. The second-order valence-electron chi connectivity index (χ2n) is 7.14. The van der Waals surface area contributed by atoms with Gasteiger partial charge in [-0.1, -0.05) is 35.0 Å². The molecule has 7 nitrogen and oxygen atoms in total. The van der Waals surface area contributed by atoms with Crippen LogP contribution in [-0.4, -0.2) is 33.6 Å². The van der Waals surface area contributed by atoms with Crippen LogP contribution in [0.3, 0.4) is 0 Å². The molecular formula is C20H22N4O3S. The maximum atomic E-state index is 12.4. The average molecular weight is 398 g/mol. The highest BCUT2D eigenvalue weighted by Crippen LogP contribution is 2.37. The number of aryl methyl sites for hydroxylation is 1. The zero-order chi connectivity index (χ0) is 19.7. The standard InChI is InChI=1S/C20H22N4O3S/c1-11-4-6-13(7-5-11)17-10-16(24-27-17)18(25)21-15-8-14(9-15)20-23-22-19(26-20)12(2)28-3/h4-7,10,12,14-15H,8-9H2,1-3H3,(H,21,25)/t12-,14?,15?/m1/s1. The van der Waals surface area contributed by atoms with Crippen LogP contribution in [0.1, 0.15) is 58.8 Å². The van der Waals surface area contributed by atoms with Crippen molar-refractivity contribution < 1.29 is 13.7 Å². The topological polar surface area (TPSA) is 94.1 Å². The van der Waals surface area contributed by atoms with Crippen molar-refractivity contribution in [1.29, 1.82) is 0 Å². The zero-order valence-corrected chi connectivity index (χ0v) is 16.8. The zero-order valence-electron chi connectivity index (χ0n) is 16.0. The van der Waals surface area contributed by atoms with E-state index in [0.717, 1.165) is 24.0 Å². The number of nitrogens with one attached hydrogen (secondary N) is 1. The molecule has 1 saturated carbocycles. The van der Waals surface area contributed by atoms with Crippen molar-refractivity contribution in [3.8, 4) is 11.3 Å². The van der Waals surface area contributed by atoms with Gasteiger partial charge in [0.05, 0.1) is 5.25 Å². The minimum Gasteiger partial charge on any atom is -0.424 e. The number of carbonyl (C=O) groups is 1. The summed E-state index contributed by atoms with van der Waals surface area (Å²) in [5, 5.41) is 15.3. The molecule has 1 atom stereocenters. The predicted octanol–water partition coefficient (Wildman–Crippen LogP) is 4.13. The van der Waals surface area contributed by atoms with Gasteiger partial charge in [0.2, 0.25) is 11.8 Å². The summed E-state index contributed by atoms with van der Waals surface area (Å²) in [7, 11) is 0. The van der Waals surface area contributed by atoms with Crippen molar-refractivity contribution in [3.63, 3.8) is 0 Å². The highest BCUT2D eigenvalue weighted by Gasteiger charge is 2.36. The van der Waals surface area contributed by atoms with E-state index in [0.29, 0.717) is 17.5 Å². The molecule has 2 aromatic heterocycles. The number of benzene rings is 1. The van der Waals surface area contributed by atoms with Gasteiger partial charge in [-0.3, -0.25) is 4.79 Å². The highest BCUT2D eigenvalue weighted by molar-refractivity contribution is 7.98. The van der Waals surface area contributed by atoms with Gasteiger partial charge in [0.1, 0.15) is 0 Å². The molecule has 1 N–H and O–H groups in total. The largest absolute Gasteiger partial charge is 0.424 e. The van der Waals surface area contributed by atoms with Gasteiger partial charge in [-0.25, -0.2) is 0 Å². The van der Waals surface area contributed by atoms with E-state index in [2.05, 4.69) is 20.7 Å². The van der Waals surface area contributed by atoms with Crippen LogP contribution in [0.2, 0.25) is 0 Å². The molecule has 146 valence electrons. The Morgan fingerprint density at radius 3 is 2.71 bits per heavy atom. The molecule has 3 aromatic rings. The van der Waals surface area contributed by atoms with Crippen LogP contribution >= 0.6 is 11.8 Å². The van der Waals surface area contributed by atoms with Crippen molar-refractivity contribution >= 4 is 17.7 Å². The maximum absolute atomic E-state index is 12.4. The third-order valence-electron chi connectivity index (χ3n) is 5.06. The van der Waals surface area contributed by atoms with Crippen LogP contribution < -0.4 is 5.32 Å². The fraction of sp³-hybridized carbons (Fsp3) is 0.400. The molecule has 1 fully saturated rings. The summed E-state index contributed by atoms with van der Waals surface area (Å²) in [5.74, 6) is 1.86. The van der Waals surface area contributed by atoms with Gasteiger partial charge in [0.15, 0.2) is 11.5 Å². The quantitative estimate of drug-likeness (QED) is 0.667. The lowest BCUT2D eigenvalue weighted by Crippen LogP contribution is -2.43. The van der Waals surface area contributed by atoms with Gasteiger partial charge in [-0.15, -0.1) is 10.2 Å². The smallest absolute Gasteiger partial charge is 0.273 e. The monoisotopic (exact) mass is 398 g/mol. The Kier molecular flexibility index (Phi) is 5.21. The minimum absolute atomic E-state index is 0.0744. The van der Waals surface area contributed by atoms with Crippen LogP contribution in [0.4, 0.5) is 0 Å². The molecule has 0 saturated heterocycles. The number of nitrogens with zero attached hydrogens (tertiary/aromatic N) is 3. The summed E-state index contributed by atoms with van der Waals surface area (Å²) in [4.78, 5) is 12.4. The number of hydrogen-bond acceptors (Lipinski definition) is 7. The summed E-state index contributed by atoms with van der Waals surface area (Å²) in [6.07, 6.45) is 3.57. The van der Waals surface area contributed by atoms with E-state index in [1.165, 1.54) is 0 Å². The SMILES string of the molecule is CS[C@H](C)c1nnc(C2CC(NC(=O)c3cc(-c4ccc(C)cc4)on3)C2)o1. The predicted molar refractivity (Wildman–Crippen MR) is 106 cm³/mol. The minimum atomic E-state index is -0.229. The maximum Gasteiger partial charge on any atom is 0.273 e. The van der Waals surface area contributed by atoms with Crippen LogP contribution in [0, 0.1) is 6.92 Å². The Morgan fingerprint density at radius 2 is 2.00 bits per heavy atom. The van der Waals surface area contributed by atoms with Crippen LogP contribution in [0.15, 0.2) is 39.3 Å². The average Bonchev–Trinajstić information content (AvgIpc) is 3.34. The van der Waals surface area contributed by atoms with Crippen molar-refractivity contribution in [2.24, 2.45) is 0 Å². The van der Waals surface area contributed by atoms with Gasteiger partial charge in [-0.05, 0) is 32.9 Å². The van der Waals surface area contributed by atoms with Gasteiger partial charge in [-0.2, -0.15) is 11.8 Å². The molecular weight excluding hydrogens is 376 g/mol. The molecule has 4 rings (SSSR count). The molecule has 0 radical (unpaired) electrons. The number of rotatable bonds is 6. The van der Waals surface area contributed by atoms with Gasteiger partial charge in [0, 0.05) is 23.6 Å². The number of aromatic nitrogens is 3. The Labute approximate surface area is 167 Å². The van der Waals surface area contributed by atoms with Crippen LogP contribution in [0.25, 0.3) is 11.3 Å². The van der Waals surface area contributed by atoms with Gasteiger partial charge >= 0.3 is 0 Å². The number of carbonyl (C=O) groups excluding carboxylic acids is 1. The lowest BCUT2D eigenvalue weighted by atomic mass is 9.80. The Balaban J connectivity index is 1.32. The van der Waals surface area contributed by atoms with Crippen molar-refractivity contribution in [3.05, 3.63) is 53.4 Å². The summed E-state index contributed by atoms with van der Waals surface area (Å²) >= 11 is 1.67. The normalized spacial score (nSPS) is 19.8. The summed E-state index contributed by atoms with van der Waals surface area (Å²) in [5.41, 5.74) is 2.34. The number of thioether (sulfide) groups is 1. The van der Waals surface area contributed by atoms with Crippen molar-refractivity contribution in [1.82, 2.24) is 20.7 Å². The lowest BCUT2D eigenvalue weighted by molar-refractivity contribution is 0.0894. The fourth-order valence-electron chi connectivity index (χ4n) is 3.11. The Hall–Kier alpha value is -2.61. The number of hydrogen-bond donors (Lipinski definition) is 1. The Morgan fingerprint density at radius 1 is 1.25 bits per heavy atom. The second kappa shape index (κ2) is 7.79. The van der Waals surface area contributed by atoms with E-state index in [9.17, 15) is 4.79 Å². The first-order chi connectivity index (χ1) is 13.5. The fourth-order valence-corrected chi connectivity index (χ4v) is 3.41. The first kappa shape index (κ1) is 18.7. The first-order valence-electron chi connectivity index (χ1n) is 9.24. The summed E-state index contributed by atoms with van der Waals surface area (Å²) in [6.45, 7) is 4.06. The Bertz CT molecular complexity index is 960. The molecule has 2 heterocycles. The van der Waals surface area contributed by atoms with Crippen molar-refractivity contribution in [2.75, 3.05) is 6.26 Å². The van der Waals surface area contributed by atoms with Gasteiger partial charge < -0.3 is 14.3 Å². The van der Waals surface area contributed by atoms with E-state index in [-0.39, 0.29) is 28.8 Å². The van der Waals surface area contributed by atoms with E-state index >= 15 is 0 Å². The highest BCUT2D eigenvalue weighted by atomic mass is 32.2. The van der Waals surface area contributed by atoms with Crippen LogP contribution in [0.5, 0.6) is 0 Å². The molecule has 1 amide bonds. The van der Waals surface area contributed by atoms with Crippen LogP contribution in [-0.2, 0) is 0 Å². The molecule has 1 aliphatic carbocycles. The van der Waals surface area contributed by atoms with E-state index < -0.39 is 0 Å². The molecule has 0 unspecified atom stereocenters. The van der Waals surface area contributed by atoms with Crippen molar-refractivity contribution in [2.45, 2.75) is 43.9 Å². The molecule has 28 heavy (non-hydrogen) atoms. The van der Waals surface area contributed by atoms with Gasteiger partial charge in [0.25, 0.3) is 5.91 Å². The molecule has 1 aromatic carbocycles. The van der Waals surface area contributed by atoms with E-state index in [4.69, 9.17) is 8.94 Å². The first-order valence-corrected chi connectivity index (χ1v) is 10.5. The lowest BCUT2D eigenvalue weighted by Gasteiger charge is -2.33. The van der Waals surface area contributed by atoms with E-state index in [1.54, 1.807) is 17.8 Å². The second-order valence-corrected chi connectivity index (χ2v) is 8.32. The third-order valence-corrected chi connectivity index (χ3v) is 5.97. The molecule has 0 bridgehead atoms. The summed E-state index contributed by atoms with van der Waals surface area (Å²) < 4.78 is 11.1. The summed E-state index contributed by atoms with van der Waals surface area (Å²) in [6, 6.07) is 9.63. The molecule has 8 heteroatoms. The molecule has 0 spiro atoms. The molecule has 0 aliphatic heterocycles.